The molecule has 1 saturated heterocycles. The third kappa shape index (κ3) is 1.69. The van der Waals surface area contributed by atoms with Crippen LogP contribution in [0.15, 0.2) is 6.20 Å². The largest absolute Gasteiger partial charge is 0.382 e. The highest BCUT2D eigenvalue weighted by Gasteiger charge is 2.15. The van der Waals surface area contributed by atoms with Crippen molar-refractivity contribution in [3.8, 4) is 0 Å². The molecule has 1 aliphatic heterocycles. The normalized spacial score (nSPS) is 17.4. The minimum absolute atomic E-state index is 0.632. The van der Waals surface area contributed by atoms with E-state index < -0.39 is 0 Å². The molecule has 1 aromatic heterocycles. The van der Waals surface area contributed by atoms with Gasteiger partial charge < -0.3 is 15.2 Å². The van der Waals surface area contributed by atoms with E-state index in [9.17, 15) is 0 Å². The van der Waals surface area contributed by atoms with Gasteiger partial charge >= 0.3 is 0 Å². The molecule has 0 aromatic carbocycles. The van der Waals surface area contributed by atoms with Crippen molar-refractivity contribution in [2.45, 2.75) is 32.7 Å². The highest BCUT2D eigenvalue weighted by Crippen LogP contribution is 2.20. The Kier molecular flexibility index (Phi) is 2.61. The second-order valence-corrected chi connectivity index (χ2v) is 3.80. The first-order valence-electron chi connectivity index (χ1n) is 5.39. The van der Waals surface area contributed by atoms with Crippen molar-refractivity contribution in [2.75, 3.05) is 23.7 Å². The van der Waals surface area contributed by atoms with Gasteiger partial charge in [0.1, 0.15) is 5.82 Å². The average Bonchev–Trinajstić information content (AvgIpc) is 2.61. The summed E-state index contributed by atoms with van der Waals surface area (Å²) < 4.78 is 2.13. The Morgan fingerprint density at radius 3 is 2.71 bits per heavy atom. The Bertz CT molecular complexity index is 299. The second kappa shape index (κ2) is 3.90. The summed E-state index contributed by atoms with van der Waals surface area (Å²) in [5.74, 6) is 1.68. The number of nitrogen functional groups attached to an aromatic ring is 1. The van der Waals surface area contributed by atoms with E-state index >= 15 is 0 Å². The molecule has 2 N–H and O–H groups in total. The fraction of sp³-hybridized carbons (Fsp3) is 0.700. The molecule has 0 saturated carbocycles. The number of hydrogen-bond donors (Lipinski definition) is 1. The van der Waals surface area contributed by atoms with Crippen LogP contribution in [0.4, 0.5) is 11.8 Å². The van der Waals surface area contributed by atoms with Crippen LogP contribution in [0.2, 0.25) is 0 Å². The molecule has 0 spiro atoms. The molecule has 2 heterocycles. The lowest BCUT2D eigenvalue weighted by Gasteiger charge is -2.27. The molecule has 4 nitrogen and oxygen atoms in total. The number of hydrogen-bond acceptors (Lipinski definition) is 3. The van der Waals surface area contributed by atoms with Crippen LogP contribution >= 0.6 is 0 Å². The van der Waals surface area contributed by atoms with Gasteiger partial charge in [-0.15, -0.1) is 0 Å². The molecule has 0 unspecified atom stereocenters. The van der Waals surface area contributed by atoms with E-state index in [0.29, 0.717) is 5.82 Å². The highest BCUT2D eigenvalue weighted by atomic mass is 15.3. The molecule has 78 valence electrons. The zero-order chi connectivity index (χ0) is 9.97. The quantitative estimate of drug-likeness (QED) is 0.775. The first-order chi connectivity index (χ1) is 6.81. The SMILES string of the molecule is CCn1cc(N)nc1N1CCCCC1. The molecule has 0 bridgehead atoms. The van der Waals surface area contributed by atoms with Gasteiger partial charge in [-0.2, -0.15) is 4.98 Å². The Labute approximate surface area is 84.7 Å². The van der Waals surface area contributed by atoms with Crippen LogP contribution in [-0.4, -0.2) is 22.6 Å². The number of rotatable bonds is 2. The predicted molar refractivity (Wildman–Crippen MR) is 58.4 cm³/mol. The van der Waals surface area contributed by atoms with Gasteiger partial charge in [0.05, 0.1) is 0 Å². The summed E-state index contributed by atoms with van der Waals surface area (Å²) in [6, 6.07) is 0. The molecule has 1 fully saturated rings. The minimum atomic E-state index is 0.632. The van der Waals surface area contributed by atoms with Gasteiger partial charge in [0.25, 0.3) is 0 Å². The maximum absolute atomic E-state index is 5.70. The van der Waals surface area contributed by atoms with Crippen molar-refractivity contribution in [3.63, 3.8) is 0 Å². The van der Waals surface area contributed by atoms with Crippen molar-refractivity contribution in [3.05, 3.63) is 6.20 Å². The van der Waals surface area contributed by atoms with Gasteiger partial charge in [-0.1, -0.05) is 0 Å². The number of anilines is 2. The standard InChI is InChI=1S/C10H18N4/c1-2-13-8-9(11)12-10(13)14-6-4-3-5-7-14/h8H,2-7,11H2,1H3. The number of aryl methyl sites for hydroxylation is 1. The third-order valence-corrected chi connectivity index (χ3v) is 2.75. The maximum Gasteiger partial charge on any atom is 0.207 e. The summed E-state index contributed by atoms with van der Waals surface area (Å²) >= 11 is 0. The van der Waals surface area contributed by atoms with E-state index in [4.69, 9.17) is 5.73 Å². The van der Waals surface area contributed by atoms with Crippen LogP contribution in [0.25, 0.3) is 0 Å². The number of aromatic nitrogens is 2. The van der Waals surface area contributed by atoms with E-state index in [-0.39, 0.29) is 0 Å². The summed E-state index contributed by atoms with van der Waals surface area (Å²) in [4.78, 5) is 6.71. The first kappa shape index (κ1) is 9.37. The van der Waals surface area contributed by atoms with Crippen LogP contribution < -0.4 is 10.6 Å². The van der Waals surface area contributed by atoms with Gasteiger partial charge in [-0.05, 0) is 26.2 Å². The average molecular weight is 194 g/mol. The summed E-state index contributed by atoms with van der Waals surface area (Å²) in [5.41, 5.74) is 5.70. The smallest absolute Gasteiger partial charge is 0.207 e. The molecule has 4 heteroatoms. The van der Waals surface area contributed by atoms with E-state index in [2.05, 4.69) is 21.4 Å². The van der Waals surface area contributed by atoms with Crippen molar-refractivity contribution >= 4 is 11.8 Å². The molecular formula is C10H18N4. The molecule has 1 aliphatic rings. The number of imidazole rings is 1. The maximum atomic E-state index is 5.70. The van der Waals surface area contributed by atoms with Gasteiger partial charge in [0.2, 0.25) is 5.95 Å². The van der Waals surface area contributed by atoms with Gasteiger partial charge in [-0.25, -0.2) is 0 Å². The van der Waals surface area contributed by atoms with E-state index in [1.807, 2.05) is 6.20 Å². The van der Waals surface area contributed by atoms with Gasteiger partial charge in [0.15, 0.2) is 0 Å². The molecule has 0 amide bonds. The van der Waals surface area contributed by atoms with E-state index in [1.165, 1.54) is 19.3 Å². The number of nitrogens with two attached hydrogens (primary N) is 1. The lowest BCUT2D eigenvalue weighted by atomic mass is 10.1. The third-order valence-electron chi connectivity index (χ3n) is 2.75. The monoisotopic (exact) mass is 194 g/mol. The van der Waals surface area contributed by atoms with Crippen LogP contribution in [0.5, 0.6) is 0 Å². The number of piperidine rings is 1. The molecule has 14 heavy (non-hydrogen) atoms. The Hall–Kier alpha value is -1.19. The number of nitrogens with zero attached hydrogens (tertiary/aromatic N) is 3. The Balaban J connectivity index is 2.20. The second-order valence-electron chi connectivity index (χ2n) is 3.80. The van der Waals surface area contributed by atoms with Crippen LogP contribution in [0, 0.1) is 0 Å². The lowest BCUT2D eigenvalue weighted by molar-refractivity contribution is 0.556. The predicted octanol–water partition coefficient (Wildman–Crippen LogP) is 1.48. The minimum Gasteiger partial charge on any atom is -0.382 e. The highest BCUT2D eigenvalue weighted by molar-refractivity contribution is 5.41. The van der Waals surface area contributed by atoms with Crippen LogP contribution in [-0.2, 0) is 6.54 Å². The summed E-state index contributed by atoms with van der Waals surface area (Å²) in [6.45, 7) is 5.30. The summed E-state index contributed by atoms with van der Waals surface area (Å²) in [6.07, 6.45) is 5.82. The zero-order valence-corrected chi connectivity index (χ0v) is 8.74. The van der Waals surface area contributed by atoms with E-state index in [1.54, 1.807) is 0 Å². The molecule has 0 atom stereocenters. The fourth-order valence-corrected chi connectivity index (χ4v) is 2.00. The summed E-state index contributed by atoms with van der Waals surface area (Å²) in [5, 5.41) is 0. The molecule has 1 aromatic rings. The van der Waals surface area contributed by atoms with Crippen molar-refractivity contribution < 1.29 is 0 Å². The Morgan fingerprint density at radius 1 is 1.36 bits per heavy atom. The summed E-state index contributed by atoms with van der Waals surface area (Å²) in [7, 11) is 0. The van der Waals surface area contributed by atoms with Crippen LogP contribution in [0.3, 0.4) is 0 Å². The lowest BCUT2D eigenvalue weighted by Crippen LogP contribution is -2.31. The van der Waals surface area contributed by atoms with Crippen molar-refractivity contribution in [1.82, 2.24) is 9.55 Å². The van der Waals surface area contributed by atoms with Crippen LogP contribution in [0.1, 0.15) is 26.2 Å². The molecule has 2 rings (SSSR count). The van der Waals surface area contributed by atoms with Gasteiger partial charge in [-0.3, -0.25) is 0 Å². The fourth-order valence-electron chi connectivity index (χ4n) is 2.00. The molecule has 0 radical (unpaired) electrons. The van der Waals surface area contributed by atoms with Crippen molar-refractivity contribution in [2.24, 2.45) is 0 Å². The molecular weight excluding hydrogens is 176 g/mol. The van der Waals surface area contributed by atoms with E-state index in [0.717, 1.165) is 25.6 Å². The topological polar surface area (TPSA) is 47.1 Å². The zero-order valence-electron chi connectivity index (χ0n) is 8.74. The van der Waals surface area contributed by atoms with Gasteiger partial charge in [0, 0.05) is 25.8 Å². The Morgan fingerprint density at radius 2 is 2.07 bits per heavy atom. The first-order valence-corrected chi connectivity index (χ1v) is 5.39. The molecule has 0 aliphatic carbocycles. The van der Waals surface area contributed by atoms with Crippen molar-refractivity contribution in [1.29, 1.82) is 0 Å².